The number of fused-ring (bicyclic) bond motifs is 1. The molecule has 0 radical (unpaired) electrons. The highest BCUT2D eigenvalue weighted by atomic mass is 14.7. The highest BCUT2D eigenvalue weighted by molar-refractivity contribution is 5.64. The summed E-state index contributed by atoms with van der Waals surface area (Å²) in [6.07, 6.45) is 10.4. The summed E-state index contributed by atoms with van der Waals surface area (Å²) >= 11 is 0. The molecule has 1 aliphatic rings. The van der Waals surface area contributed by atoms with Crippen LogP contribution < -0.4 is 0 Å². The van der Waals surface area contributed by atoms with Crippen molar-refractivity contribution >= 4 is 12.2 Å². The van der Waals surface area contributed by atoms with Crippen LogP contribution >= 0.6 is 0 Å². The average Bonchev–Trinajstić information content (AvgIpc) is 2.29. The monoisotopic (exact) mass is 157 g/mol. The van der Waals surface area contributed by atoms with E-state index in [-0.39, 0.29) is 0 Å². The molecule has 1 unspecified atom stereocenters. The SMILES string of the molecule is CC1C=Cc2cccnc2C=C1. The summed E-state index contributed by atoms with van der Waals surface area (Å²) in [6.45, 7) is 2.17. The van der Waals surface area contributed by atoms with E-state index in [1.54, 1.807) is 0 Å². The van der Waals surface area contributed by atoms with Gasteiger partial charge in [-0.2, -0.15) is 0 Å². The predicted molar refractivity (Wildman–Crippen MR) is 51.5 cm³/mol. The van der Waals surface area contributed by atoms with Gasteiger partial charge in [0.2, 0.25) is 0 Å². The van der Waals surface area contributed by atoms with Crippen molar-refractivity contribution in [2.45, 2.75) is 6.92 Å². The van der Waals surface area contributed by atoms with Crippen molar-refractivity contribution in [2.24, 2.45) is 5.92 Å². The first-order valence-electron chi connectivity index (χ1n) is 4.18. The molecule has 0 fully saturated rings. The second kappa shape index (κ2) is 2.94. The summed E-state index contributed by atoms with van der Waals surface area (Å²) in [5.41, 5.74) is 2.27. The van der Waals surface area contributed by atoms with Gasteiger partial charge in [-0.1, -0.05) is 31.2 Å². The quantitative estimate of drug-likeness (QED) is 0.564. The molecule has 1 nitrogen and oxygen atoms in total. The van der Waals surface area contributed by atoms with E-state index >= 15 is 0 Å². The largest absolute Gasteiger partial charge is 0.256 e. The summed E-state index contributed by atoms with van der Waals surface area (Å²) < 4.78 is 0. The Bertz CT molecular complexity index is 304. The van der Waals surface area contributed by atoms with Crippen LogP contribution in [0.2, 0.25) is 0 Å². The topological polar surface area (TPSA) is 12.9 Å². The molecule has 1 heterocycles. The van der Waals surface area contributed by atoms with Gasteiger partial charge in [-0.3, -0.25) is 4.98 Å². The molecule has 1 heteroatoms. The van der Waals surface area contributed by atoms with Gasteiger partial charge < -0.3 is 0 Å². The number of pyridine rings is 1. The minimum absolute atomic E-state index is 0.513. The van der Waals surface area contributed by atoms with Crippen LogP contribution in [0.3, 0.4) is 0 Å². The fourth-order valence-corrected chi connectivity index (χ4v) is 1.27. The van der Waals surface area contributed by atoms with Crippen molar-refractivity contribution in [3.63, 3.8) is 0 Å². The van der Waals surface area contributed by atoms with Crippen LogP contribution in [0.25, 0.3) is 12.2 Å². The molecule has 60 valence electrons. The third-order valence-electron chi connectivity index (χ3n) is 2.01. The lowest BCUT2D eigenvalue weighted by molar-refractivity contribution is 0.953. The Balaban J connectivity index is 2.52. The normalized spacial score (nSPS) is 20.2. The maximum absolute atomic E-state index is 4.28. The van der Waals surface area contributed by atoms with Crippen LogP contribution in [0.15, 0.2) is 30.5 Å². The number of allylic oxidation sites excluding steroid dienone is 2. The van der Waals surface area contributed by atoms with Crippen LogP contribution in [0.5, 0.6) is 0 Å². The number of hydrogen-bond acceptors (Lipinski definition) is 1. The molecule has 0 spiro atoms. The van der Waals surface area contributed by atoms with E-state index in [0.717, 1.165) is 5.69 Å². The van der Waals surface area contributed by atoms with Crippen LogP contribution in [0, 0.1) is 5.92 Å². The van der Waals surface area contributed by atoms with Gasteiger partial charge in [-0.05, 0) is 23.6 Å². The van der Waals surface area contributed by atoms with Gasteiger partial charge in [0.25, 0.3) is 0 Å². The van der Waals surface area contributed by atoms with Crippen LogP contribution in [-0.2, 0) is 0 Å². The highest BCUT2D eigenvalue weighted by Gasteiger charge is 2.00. The smallest absolute Gasteiger partial charge is 0.0698 e. The molecule has 0 N–H and O–H groups in total. The van der Waals surface area contributed by atoms with Gasteiger partial charge >= 0.3 is 0 Å². The molecule has 0 aromatic carbocycles. The Labute approximate surface area is 72.5 Å². The second-order valence-corrected chi connectivity index (χ2v) is 3.06. The molecule has 1 aromatic heterocycles. The van der Waals surface area contributed by atoms with Crippen molar-refractivity contribution in [3.05, 3.63) is 41.7 Å². The van der Waals surface area contributed by atoms with E-state index in [9.17, 15) is 0 Å². The van der Waals surface area contributed by atoms with Crippen molar-refractivity contribution in [1.29, 1.82) is 0 Å². The minimum Gasteiger partial charge on any atom is -0.256 e. The van der Waals surface area contributed by atoms with Crippen LogP contribution in [-0.4, -0.2) is 4.98 Å². The average molecular weight is 157 g/mol. The summed E-state index contributed by atoms with van der Waals surface area (Å²) in [7, 11) is 0. The predicted octanol–water partition coefficient (Wildman–Crippen LogP) is 2.76. The fraction of sp³-hybridized carbons (Fsp3) is 0.182. The van der Waals surface area contributed by atoms with Gasteiger partial charge in [-0.25, -0.2) is 0 Å². The molecule has 2 rings (SSSR count). The van der Waals surface area contributed by atoms with Crippen molar-refractivity contribution in [2.75, 3.05) is 0 Å². The maximum Gasteiger partial charge on any atom is 0.0698 e. The number of aromatic nitrogens is 1. The third-order valence-corrected chi connectivity index (χ3v) is 2.01. The first kappa shape index (κ1) is 7.29. The van der Waals surface area contributed by atoms with Gasteiger partial charge in [-0.15, -0.1) is 0 Å². The Hall–Kier alpha value is -1.37. The minimum atomic E-state index is 0.513. The molecular weight excluding hydrogens is 146 g/mol. The lowest BCUT2D eigenvalue weighted by Gasteiger charge is -1.95. The Morgan fingerprint density at radius 3 is 3.00 bits per heavy atom. The van der Waals surface area contributed by atoms with E-state index in [0.29, 0.717) is 5.92 Å². The zero-order valence-corrected chi connectivity index (χ0v) is 7.07. The molecule has 1 aromatic rings. The number of hydrogen-bond donors (Lipinski definition) is 0. The molecule has 0 aliphatic heterocycles. The first-order valence-corrected chi connectivity index (χ1v) is 4.18. The maximum atomic E-state index is 4.28. The summed E-state index contributed by atoms with van der Waals surface area (Å²) in [6, 6.07) is 4.05. The van der Waals surface area contributed by atoms with E-state index in [1.165, 1.54) is 5.56 Å². The molecule has 1 aliphatic carbocycles. The van der Waals surface area contributed by atoms with E-state index in [2.05, 4.69) is 42.3 Å². The van der Waals surface area contributed by atoms with Crippen molar-refractivity contribution in [1.82, 2.24) is 4.98 Å². The molecule has 1 atom stereocenters. The van der Waals surface area contributed by atoms with Gasteiger partial charge in [0, 0.05) is 6.20 Å². The fourth-order valence-electron chi connectivity index (χ4n) is 1.27. The van der Waals surface area contributed by atoms with Gasteiger partial charge in [0.05, 0.1) is 5.69 Å². The standard InChI is InChI=1S/C11H11N/c1-9-4-6-10-3-2-8-12-11(10)7-5-9/h2-9H,1H3. The molecule has 0 saturated heterocycles. The molecule has 0 bridgehead atoms. The van der Waals surface area contributed by atoms with E-state index in [4.69, 9.17) is 0 Å². The summed E-state index contributed by atoms with van der Waals surface area (Å²) in [5, 5.41) is 0. The van der Waals surface area contributed by atoms with Crippen LogP contribution in [0.1, 0.15) is 18.2 Å². The molecule has 0 saturated carbocycles. The van der Waals surface area contributed by atoms with E-state index in [1.807, 2.05) is 12.3 Å². The number of rotatable bonds is 0. The lowest BCUT2D eigenvalue weighted by Crippen LogP contribution is -1.82. The summed E-state index contributed by atoms with van der Waals surface area (Å²) in [4.78, 5) is 4.28. The highest BCUT2D eigenvalue weighted by Crippen LogP contribution is 2.16. The van der Waals surface area contributed by atoms with Crippen molar-refractivity contribution in [3.8, 4) is 0 Å². The molecular formula is C11H11N. The molecule has 12 heavy (non-hydrogen) atoms. The first-order chi connectivity index (χ1) is 5.86. The molecule has 0 amide bonds. The number of nitrogens with zero attached hydrogens (tertiary/aromatic N) is 1. The van der Waals surface area contributed by atoms with Crippen LogP contribution in [0.4, 0.5) is 0 Å². The van der Waals surface area contributed by atoms with E-state index < -0.39 is 0 Å². The zero-order chi connectivity index (χ0) is 8.39. The second-order valence-electron chi connectivity index (χ2n) is 3.06. The van der Waals surface area contributed by atoms with Crippen molar-refractivity contribution < 1.29 is 0 Å². The Kier molecular flexibility index (Phi) is 1.78. The third kappa shape index (κ3) is 1.30. The lowest BCUT2D eigenvalue weighted by atomic mass is 10.1. The van der Waals surface area contributed by atoms with Gasteiger partial charge in [0.1, 0.15) is 0 Å². The van der Waals surface area contributed by atoms with Gasteiger partial charge in [0.15, 0.2) is 0 Å². The Morgan fingerprint density at radius 1 is 1.25 bits per heavy atom. The zero-order valence-electron chi connectivity index (χ0n) is 7.07. The Morgan fingerprint density at radius 2 is 2.08 bits per heavy atom. The summed E-state index contributed by atoms with van der Waals surface area (Å²) in [5.74, 6) is 0.513.